The summed E-state index contributed by atoms with van der Waals surface area (Å²) in [6.07, 6.45) is 5.78. The van der Waals surface area contributed by atoms with Crippen LogP contribution in [0, 0.1) is 0 Å². The quantitative estimate of drug-likeness (QED) is 0.750. The maximum atomic E-state index is 12.6. The monoisotopic (exact) mass is 374 g/mol. The highest BCUT2D eigenvalue weighted by Crippen LogP contribution is 2.19. The van der Waals surface area contributed by atoms with Crippen LogP contribution in [0.4, 0.5) is 0 Å². The molecular formula is C12H18N6O4S2. The Morgan fingerprint density at radius 1 is 1.04 bits per heavy atom. The lowest BCUT2D eigenvalue weighted by molar-refractivity contribution is 0.403. The van der Waals surface area contributed by atoms with Gasteiger partial charge in [0.05, 0.1) is 18.9 Å². The number of nitrogens with one attached hydrogen (secondary N) is 1. The minimum Gasteiger partial charge on any atom is -0.339 e. The van der Waals surface area contributed by atoms with Crippen LogP contribution in [0.3, 0.4) is 0 Å². The van der Waals surface area contributed by atoms with Crippen LogP contribution in [-0.4, -0.2) is 71.1 Å². The van der Waals surface area contributed by atoms with Crippen LogP contribution in [0.5, 0.6) is 0 Å². The largest absolute Gasteiger partial charge is 0.339 e. The number of aromatic nitrogens is 4. The zero-order valence-electron chi connectivity index (χ0n) is 13.0. The van der Waals surface area contributed by atoms with Crippen molar-refractivity contribution >= 4 is 20.0 Å². The van der Waals surface area contributed by atoms with Crippen LogP contribution < -0.4 is 0 Å². The molecule has 2 aromatic rings. The van der Waals surface area contributed by atoms with E-state index in [4.69, 9.17) is 0 Å². The first-order chi connectivity index (χ1) is 11.3. The Morgan fingerprint density at radius 3 is 2.25 bits per heavy atom. The summed E-state index contributed by atoms with van der Waals surface area (Å²) in [5, 5.41) is -0.0293. The molecule has 1 N–H and O–H groups in total. The predicted molar refractivity (Wildman–Crippen MR) is 83.9 cm³/mol. The number of nitrogens with zero attached hydrogens (tertiary/aromatic N) is 5. The van der Waals surface area contributed by atoms with Gasteiger partial charge in [0.2, 0.25) is 0 Å². The molecule has 0 radical (unpaired) electrons. The number of sulfonamides is 2. The Labute approximate surface area is 140 Å². The molecule has 10 nitrogen and oxygen atoms in total. The lowest BCUT2D eigenvalue weighted by Crippen LogP contribution is -2.37. The van der Waals surface area contributed by atoms with Crippen LogP contribution >= 0.6 is 0 Å². The molecule has 24 heavy (non-hydrogen) atoms. The van der Waals surface area contributed by atoms with Gasteiger partial charge in [0.1, 0.15) is 0 Å². The molecule has 0 spiro atoms. The summed E-state index contributed by atoms with van der Waals surface area (Å²) in [5.41, 5.74) is 0. The normalized spacial score (nSPS) is 18.5. The van der Waals surface area contributed by atoms with E-state index in [1.807, 2.05) is 0 Å². The molecule has 0 aliphatic carbocycles. The number of hydrogen-bond donors (Lipinski definition) is 1. The second-order valence-electron chi connectivity index (χ2n) is 5.45. The zero-order chi connectivity index (χ0) is 17.4. The van der Waals surface area contributed by atoms with Gasteiger partial charge < -0.3 is 9.55 Å². The highest BCUT2D eigenvalue weighted by atomic mass is 32.2. The number of rotatable bonds is 4. The molecule has 1 saturated heterocycles. The molecule has 132 valence electrons. The minimum atomic E-state index is -3.73. The van der Waals surface area contributed by atoms with E-state index in [1.54, 1.807) is 11.6 Å². The van der Waals surface area contributed by atoms with Crippen LogP contribution in [0.15, 0.2) is 35.1 Å². The van der Waals surface area contributed by atoms with Gasteiger partial charge in [-0.15, -0.1) is 0 Å². The summed E-state index contributed by atoms with van der Waals surface area (Å²) in [7, 11) is -5.74. The van der Waals surface area contributed by atoms with Crippen LogP contribution in [0.1, 0.15) is 6.42 Å². The fraction of sp³-hybridized carbons (Fsp3) is 0.500. The van der Waals surface area contributed by atoms with Crippen molar-refractivity contribution in [1.82, 2.24) is 28.1 Å². The fourth-order valence-electron chi connectivity index (χ4n) is 2.53. The molecule has 0 unspecified atom stereocenters. The summed E-state index contributed by atoms with van der Waals surface area (Å²) in [6, 6.07) is 0. The Kier molecular flexibility index (Phi) is 4.46. The van der Waals surface area contributed by atoms with Gasteiger partial charge in [0.25, 0.3) is 20.0 Å². The third-order valence-corrected chi connectivity index (χ3v) is 7.40. The number of aromatic amines is 1. The number of aryl methyl sites for hydroxylation is 1. The van der Waals surface area contributed by atoms with E-state index in [1.165, 1.54) is 33.7 Å². The number of H-pyrrole nitrogens is 1. The predicted octanol–water partition coefficient (Wildman–Crippen LogP) is -0.771. The number of hydrogen-bond acceptors (Lipinski definition) is 6. The van der Waals surface area contributed by atoms with Gasteiger partial charge in [-0.1, -0.05) is 0 Å². The highest BCUT2D eigenvalue weighted by molar-refractivity contribution is 7.89. The van der Waals surface area contributed by atoms with Gasteiger partial charge in [-0.25, -0.2) is 26.8 Å². The first kappa shape index (κ1) is 17.1. The smallest absolute Gasteiger partial charge is 0.262 e. The van der Waals surface area contributed by atoms with Crippen LogP contribution in [0.25, 0.3) is 0 Å². The fourth-order valence-corrected chi connectivity index (χ4v) is 5.33. The topological polar surface area (TPSA) is 121 Å². The molecule has 3 rings (SSSR count). The van der Waals surface area contributed by atoms with E-state index in [0.29, 0.717) is 6.42 Å². The van der Waals surface area contributed by atoms with E-state index in [0.717, 1.165) is 0 Å². The molecule has 1 fully saturated rings. The SMILES string of the molecule is Cn1cnc(S(=O)(=O)N2CCCN(S(=O)(=O)c3cnc[nH]3)CC2)c1. The molecule has 2 aromatic heterocycles. The van der Waals surface area contributed by atoms with E-state index >= 15 is 0 Å². The molecule has 12 heteroatoms. The first-order valence-corrected chi connectivity index (χ1v) is 10.2. The third kappa shape index (κ3) is 3.09. The summed E-state index contributed by atoms with van der Waals surface area (Å²) >= 11 is 0. The molecular weight excluding hydrogens is 356 g/mol. The van der Waals surface area contributed by atoms with E-state index in [2.05, 4.69) is 15.0 Å². The van der Waals surface area contributed by atoms with Crippen molar-refractivity contribution in [2.45, 2.75) is 16.5 Å². The van der Waals surface area contributed by atoms with Crippen molar-refractivity contribution in [3.63, 3.8) is 0 Å². The van der Waals surface area contributed by atoms with Crippen molar-refractivity contribution in [2.75, 3.05) is 26.2 Å². The maximum Gasteiger partial charge on any atom is 0.262 e. The second-order valence-corrected chi connectivity index (χ2v) is 9.25. The third-order valence-electron chi connectivity index (χ3n) is 3.79. The number of imidazole rings is 2. The second kappa shape index (κ2) is 6.27. The van der Waals surface area contributed by atoms with Gasteiger partial charge in [0.15, 0.2) is 10.1 Å². The van der Waals surface area contributed by atoms with E-state index in [9.17, 15) is 16.8 Å². The maximum absolute atomic E-state index is 12.6. The average molecular weight is 374 g/mol. The van der Waals surface area contributed by atoms with E-state index in [-0.39, 0.29) is 36.2 Å². The zero-order valence-corrected chi connectivity index (χ0v) is 14.7. The summed E-state index contributed by atoms with van der Waals surface area (Å²) < 4.78 is 54.3. The Hall–Kier alpha value is -1.76. The van der Waals surface area contributed by atoms with Crippen LogP contribution in [-0.2, 0) is 27.1 Å². The highest BCUT2D eigenvalue weighted by Gasteiger charge is 2.33. The molecule has 0 aromatic carbocycles. The van der Waals surface area contributed by atoms with Gasteiger partial charge >= 0.3 is 0 Å². The van der Waals surface area contributed by atoms with Crippen molar-refractivity contribution in [3.05, 3.63) is 25.0 Å². The standard InChI is InChI=1S/C12H18N6O4S2/c1-16-8-12(15-10-16)24(21,22)18-4-2-3-17(5-6-18)23(19,20)11-7-13-9-14-11/h7-10H,2-6H2,1H3,(H,13,14). The van der Waals surface area contributed by atoms with Crippen molar-refractivity contribution < 1.29 is 16.8 Å². The lowest BCUT2D eigenvalue weighted by atomic mass is 10.4. The lowest BCUT2D eigenvalue weighted by Gasteiger charge is -2.20. The molecule has 3 heterocycles. The molecule has 0 amide bonds. The molecule has 1 aliphatic heterocycles. The van der Waals surface area contributed by atoms with Gasteiger partial charge in [-0.2, -0.15) is 8.61 Å². The van der Waals surface area contributed by atoms with Gasteiger partial charge in [0, 0.05) is 39.4 Å². The van der Waals surface area contributed by atoms with Crippen molar-refractivity contribution in [2.24, 2.45) is 7.05 Å². The molecule has 0 atom stereocenters. The van der Waals surface area contributed by atoms with Gasteiger partial charge in [-0.05, 0) is 6.42 Å². The average Bonchev–Trinajstić information content (AvgIpc) is 3.14. The molecule has 0 saturated carbocycles. The Morgan fingerprint density at radius 2 is 1.71 bits per heavy atom. The van der Waals surface area contributed by atoms with Crippen LogP contribution in [0.2, 0.25) is 0 Å². The summed E-state index contributed by atoms with van der Waals surface area (Å²) in [4.78, 5) is 10.2. The van der Waals surface area contributed by atoms with E-state index < -0.39 is 20.0 Å². The van der Waals surface area contributed by atoms with Crippen molar-refractivity contribution in [1.29, 1.82) is 0 Å². The minimum absolute atomic E-state index is 0.00327. The van der Waals surface area contributed by atoms with Crippen molar-refractivity contribution in [3.8, 4) is 0 Å². The first-order valence-electron chi connectivity index (χ1n) is 7.28. The summed E-state index contributed by atoms with van der Waals surface area (Å²) in [6.45, 7) is 0.642. The Balaban J connectivity index is 1.78. The molecule has 1 aliphatic rings. The summed E-state index contributed by atoms with van der Waals surface area (Å²) in [5.74, 6) is 0. The Bertz CT molecular complexity index is 903. The molecule has 0 bridgehead atoms. The van der Waals surface area contributed by atoms with Gasteiger partial charge in [-0.3, -0.25) is 0 Å².